The fraction of sp³-hybridized carbons (Fsp3) is 0.400. The molecule has 0 aromatic rings. The van der Waals surface area contributed by atoms with E-state index in [0.29, 0.717) is 6.54 Å². The van der Waals surface area contributed by atoms with Gasteiger partial charge in [0.1, 0.15) is 0 Å². The minimum Gasteiger partial charge on any atom is -0.353 e. The Labute approximate surface area is 65.7 Å². The van der Waals surface area contributed by atoms with Crippen molar-refractivity contribution in [3.8, 4) is 0 Å². The summed E-state index contributed by atoms with van der Waals surface area (Å²) in [7, 11) is -3.13. The molecule has 0 bridgehead atoms. The van der Waals surface area contributed by atoms with Gasteiger partial charge in [0.25, 0.3) is 0 Å². The van der Waals surface area contributed by atoms with Gasteiger partial charge in [-0.05, 0) is 13.0 Å². The van der Waals surface area contributed by atoms with Crippen molar-refractivity contribution in [1.29, 1.82) is 0 Å². The summed E-state index contributed by atoms with van der Waals surface area (Å²) in [6.45, 7) is 5.80. The van der Waals surface area contributed by atoms with Crippen LogP contribution in [0.2, 0.25) is 0 Å². The largest absolute Gasteiger partial charge is 0.353 e. The molecule has 0 saturated heterocycles. The molecule has 0 rings (SSSR count). The molecule has 0 spiro atoms. The van der Waals surface area contributed by atoms with E-state index in [4.69, 9.17) is 14.4 Å². The summed E-state index contributed by atoms with van der Waals surface area (Å²) in [6.07, 6.45) is 1.25. The van der Waals surface area contributed by atoms with Crippen molar-refractivity contribution in [1.82, 2.24) is 5.32 Å². The highest BCUT2D eigenvalue weighted by atomic mass is 31.1. The van der Waals surface area contributed by atoms with Gasteiger partial charge in [0.2, 0.25) is 5.91 Å². The molecule has 1 amide bonds. The number of likely N-dealkylation sites (N-methyl/N-ethyl adjacent to an activating group) is 1. The van der Waals surface area contributed by atoms with Crippen LogP contribution < -0.4 is 5.32 Å². The molecule has 0 aliphatic rings. The normalized spacial score (nSPS) is 8.00. The lowest BCUT2D eigenvalue weighted by molar-refractivity contribution is -0.116. The molecule has 5 nitrogen and oxygen atoms in total. The number of carbonyl (C=O) groups excluding carboxylic acids is 1. The number of hydrogen-bond acceptors (Lipinski definition) is 2. The third kappa shape index (κ3) is 26.7. The molecule has 0 aliphatic heterocycles. The van der Waals surface area contributed by atoms with Crippen LogP contribution in [-0.2, 0) is 9.36 Å². The van der Waals surface area contributed by atoms with Crippen LogP contribution in [0.15, 0.2) is 12.7 Å². The summed E-state index contributed by atoms with van der Waals surface area (Å²) < 4.78 is 8.74. The molecule has 0 aliphatic carbocycles. The molecule has 0 saturated carbocycles. The van der Waals surface area contributed by atoms with Gasteiger partial charge in [-0.15, -0.1) is 0 Å². The van der Waals surface area contributed by atoms with Crippen LogP contribution in [0.3, 0.4) is 0 Å². The second kappa shape index (κ2) is 9.36. The fourth-order valence-corrected chi connectivity index (χ4v) is 0.246. The highest BCUT2D eigenvalue weighted by Crippen LogP contribution is 1.98. The first-order chi connectivity index (χ1) is 5.04. The monoisotopic (exact) mass is 181 g/mol. The highest BCUT2D eigenvalue weighted by molar-refractivity contribution is 7.30. The average molecular weight is 181 g/mol. The van der Waals surface area contributed by atoms with E-state index in [1.54, 1.807) is 0 Å². The highest BCUT2D eigenvalue weighted by Gasteiger charge is 1.83. The molecule has 66 valence electrons. The van der Waals surface area contributed by atoms with E-state index < -0.39 is 8.25 Å². The first-order valence-corrected chi connectivity index (χ1v) is 4.17. The van der Waals surface area contributed by atoms with Gasteiger partial charge in [0.15, 0.2) is 0 Å². The molecule has 0 heterocycles. The first kappa shape index (κ1) is 13.0. The predicted octanol–water partition coefficient (Wildman–Crippen LogP) is -0.331. The summed E-state index contributed by atoms with van der Waals surface area (Å²) >= 11 is 0. The lowest BCUT2D eigenvalue weighted by atomic mass is 10.6. The lowest BCUT2D eigenvalue weighted by Crippen LogP contribution is -2.19. The van der Waals surface area contributed by atoms with Crippen LogP contribution in [0.1, 0.15) is 6.92 Å². The Morgan fingerprint density at radius 2 is 2.09 bits per heavy atom. The number of carbonyl (C=O) groups is 1. The first-order valence-electron chi connectivity index (χ1n) is 2.86. The second-order valence-corrected chi connectivity index (χ2v) is 1.95. The van der Waals surface area contributed by atoms with Gasteiger partial charge in [-0.3, -0.25) is 9.36 Å². The summed E-state index contributed by atoms with van der Waals surface area (Å²) in [4.78, 5) is 24.5. The Hall–Kier alpha value is -0.640. The van der Waals surface area contributed by atoms with Crippen LogP contribution >= 0.6 is 8.25 Å². The Morgan fingerprint density at radius 1 is 1.73 bits per heavy atom. The molecule has 0 fully saturated rings. The molecule has 6 heteroatoms. The number of hydrogen-bond donors (Lipinski definition) is 3. The van der Waals surface area contributed by atoms with Gasteiger partial charge < -0.3 is 15.1 Å². The van der Waals surface area contributed by atoms with E-state index in [1.165, 1.54) is 6.08 Å². The summed E-state index contributed by atoms with van der Waals surface area (Å²) in [5.41, 5.74) is 0. The fourth-order valence-electron chi connectivity index (χ4n) is 0.246. The van der Waals surface area contributed by atoms with E-state index in [1.807, 2.05) is 6.92 Å². The van der Waals surface area contributed by atoms with Crippen LogP contribution in [0.25, 0.3) is 0 Å². The number of amides is 1. The van der Waals surface area contributed by atoms with Gasteiger partial charge >= 0.3 is 8.25 Å². The van der Waals surface area contributed by atoms with Crippen LogP contribution in [-0.4, -0.2) is 22.2 Å². The van der Waals surface area contributed by atoms with Crippen molar-refractivity contribution >= 4 is 14.2 Å². The van der Waals surface area contributed by atoms with Crippen LogP contribution in [0, 0.1) is 0 Å². The van der Waals surface area contributed by atoms with Gasteiger partial charge in [-0.25, -0.2) is 0 Å². The van der Waals surface area contributed by atoms with E-state index >= 15 is 0 Å². The molecule has 0 atom stereocenters. The van der Waals surface area contributed by atoms with Crippen molar-refractivity contribution in [2.24, 2.45) is 0 Å². The zero-order chi connectivity index (χ0) is 9.28. The maximum atomic E-state index is 10.2. The van der Waals surface area contributed by atoms with Crippen molar-refractivity contribution in [2.75, 3.05) is 6.54 Å². The Bertz CT molecular complexity index is 143. The standard InChI is InChI=1S/C5H9NO.H3O3P/c1-3-5(7)6-4-2;1-4(2)3/h3H,1,4H2,2H3,(H,6,7);4H,(H2,1,2,3). The SMILES string of the molecule is C=CC(=O)NCC.O=[PH](O)O. The average Bonchev–Trinajstić information content (AvgIpc) is 1.87. The smallest absolute Gasteiger partial charge is 0.314 e. The van der Waals surface area contributed by atoms with Crippen molar-refractivity contribution < 1.29 is 19.1 Å². The number of nitrogens with one attached hydrogen (secondary N) is 1. The molecular weight excluding hydrogens is 169 g/mol. The Balaban J connectivity index is 0. The van der Waals surface area contributed by atoms with Gasteiger partial charge in [0, 0.05) is 6.54 Å². The topological polar surface area (TPSA) is 86.6 Å². The minimum absolute atomic E-state index is 0.109. The van der Waals surface area contributed by atoms with Crippen molar-refractivity contribution in [2.45, 2.75) is 6.92 Å². The predicted molar refractivity (Wildman–Crippen MR) is 42.3 cm³/mol. The minimum atomic E-state index is -3.13. The van der Waals surface area contributed by atoms with Crippen LogP contribution in [0.4, 0.5) is 0 Å². The van der Waals surface area contributed by atoms with Gasteiger partial charge in [-0.2, -0.15) is 0 Å². The quantitative estimate of drug-likeness (QED) is 0.402. The van der Waals surface area contributed by atoms with Crippen molar-refractivity contribution in [3.05, 3.63) is 12.7 Å². The van der Waals surface area contributed by atoms with E-state index in [0.717, 1.165) is 0 Å². The molecule has 0 aromatic carbocycles. The van der Waals surface area contributed by atoms with Crippen LogP contribution in [0.5, 0.6) is 0 Å². The summed E-state index contributed by atoms with van der Waals surface area (Å²) in [6, 6.07) is 0. The maximum Gasteiger partial charge on any atom is 0.314 e. The molecule has 11 heavy (non-hydrogen) atoms. The van der Waals surface area contributed by atoms with E-state index in [9.17, 15) is 4.79 Å². The molecule has 0 radical (unpaired) electrons. The van der Waals surface area contributed by atoms with Gasteiger partial charge in [-0.1, -0.05) is 6.58 Å². The third-order valence-electron chi connectivity index (χ3n) is 0.536. The molecule has 0 unspecified atom stereocenters. The van der Waals surface area contributed by atoms with Gasteiger partial charge in [0.05, 0.1) is 0 Å². The third-order valence-corrected chi connectivity index (χ3v) is 0.536. The zero-order valence-corrected chi connectivity index (χ0v) is 7.20. The molecule has 0 aromatic heterocycles. The molecular formula is C5H12NO4P. The van der Waals surface area contributed by atoms with E-state index in [-0.39, 0.29) is 5.91 Å². The Morgan fingerprint density at radius 3 is 2.18 bits per heavy atom. The molecule has 3 N–H and O–H groups in total. The lowest BCUT2D eigenvalue weighted by Gasteiger charge is -1.90. The summed E-state index contributed by atoms with van der Waals surface area (Å²) in [5, 5.41) is 2.54. The zero-order valence-electron chi connectivity index (χ0n) is 6.20. The summed E-state index contributed by atoms with van der Waals surface area (Å²) in [5.74, 6) is -0.109. The van der Waals surface area contributed by atoms with Crippen molar-refractivity contribution in [3.63, 3.8) is 0 Å². The van der Waals surface area contributed by atoms with E-state index in [2.05, 4.69) is 11.9 Å². The Kier molecular flexibility index (Phi) is 11.1. The maximum absolute atomic E-state index is 10.2. The number of rotatable bonds is 2. The second-order valence-electron chi connectivity index (χ2n) is 1.38.